The molecule has 0 radical (unpaired) electrons. The summed E-state index contributed by atoms with van der Waals surface area (Å²) in [4.78, 5) is 22.0. The first-order chi connectivity index (χ1) is 9.90. The fourth-order valence-electron chi connectivity index (χ4n) is 1.67. The van der Waals surface area contributed by atoms with Crippen LogP contribution in [0.1, 0.15) is 10.4 Å². The number of halogens is 3. The number of para-hydroxylation sites is 1. The molecular formula is C13H7BrF2N2O3. The van der Waals surface area contributed by atoms with E-state index < -0.39 is 33.8 Å². The number of nitro benzene ring substituents is 1. The second-order valence-corrected chi connectivity index (χ2v) is 4.89. The molecule has 0 spiro atoms. The van der Waals surface area contributed by atoms with Crippen LogP contribution in [0.5, 0.6) is 0 Å². The zero-order valence-electron chi connectivity index (χ0n) is 10.3. The third kappa shape index (κ3) is 3.22. The maximum Gasteiger partial charge on any atom is 0.282 e. The van der Waals surface area contributed by atoms with Crippen LogP contribution in [0.25, 0.3) is 0 Å². The predicted molar refractivity (Wildman–Crippen MR) is 75.1 cm³/mol. The lowest BCUT2D eigenvalue weighted by molar-refractivity contribution is -0.385. The first-order valence-electron chi connectivity index (χ1n) is 5.59. The van der Waals surface area contributed by atoms with Crippen LogP contribution in [0.15, 0.2) is 40.9 Å². The summed E-state index contributed by atoms with van der Waals surface area (Å²) < 4.78 is 27.4. The third-order valence-electron chi connectivity index (χ3n) is 2.59. The van der Waals surface area contributed by atoms with Crippen molar-refractivity contribution < 1.29 is 18.5 Å². The number of rotatable bonds is 3. The van der Waals surface area contributed by atoms with E-state index in [1.54, 1.807) is 0 Å². The average Bonchev–Trinajstić information content (AvgIpc) is 2.42. The van der Waals surface area contributed by atoms with Gasteiger partial charge in [-0.1, -0.05) is 28.1 Å². The zero-order valence-corrected chi connectivity index (χ0v) is 11.9. The van der Waals surface area contributed by atoms with E-state index >= 15 is 0 Å². The van der Waals surface area contributed by atoms with Crippen molar-refractivity contribution in [2.75, 3.05) is 5.32 Å². The molecule has 0 aliphatic carbocycles. The number of nitrogens with one attached hydrogen (secondary N) is 1. The number of nitro groups is 1. The number of benzene rings is 2. The van der Waals surface area contributed by atoms with Gasteiger partial charge in [-0.3, -0.25) is 14.9 Å². The Morgan fingerprint density at radius 1 is 1.19 bits per heavy atom. The van der Waals surface area contributed by atoms with Crippen LogP contribution in [0.3, 0.4) is 0 Å². The van der Waals surface area contributed by atoms with Gasteiger partial charge >= 0.3 is 0 Å². The van der Waals surface area contributed by atoms with Crippen molar-refractivity contribution in [2.24, 2.45) is 0 Å². The number of carbonyl (C=O) groups is 1. The van der Waals surface area contributed by atoms with Crippen molar-refractivity contribution in [1.29, 1.82) is 0 Å². The predicted octanol–water partition coefficient (Wildman–Crippen LogP) is 3.89. The number of hydrogen-bond donors (Lipinski definition) is 1. The van der Waals surface area contributed by atoms with Crippen LogP contribution >= 0.6 is 15.9 Å². The van der Waals surface area contributed by atoms with E-state index in [-0.39, 0.29) is 10.0 Å². The van der Waals surface area contributed by atoms with E-state index in [4.69, 9.17) is 0 Å². The summed E-state index contributed by atoms with van der Waals surface area (Å²) in [5.74, 6) is -2.95. The molecule has 1 N–H and O–H groups in total. The van der Waals surface area contributed by atoms with Gasteiger partial charge in [0, 0.05) is 10.5 Å². The van der Waals surface area contributed by atoms with Gasteiger partial charge in [-0.05, 0) is 18.2 Å². The summed E-state index contributed by atoms with van der Waals surface area (Å²) in [6.45, 7) is 0. The first-order valence-corrected chi connectivity index (χ1v) is 6.38. The van der Waals surface area contributed by atoms with Crippen molar-refractivity contribution >= 4 is 33.2 Å². The van der Waals surface area contributed by atoms with Crippen molar-refractivity contribution in [3.63, 3.8) is 0 Å². The molecule has 108 valence electrons. The minimum Gasteiger partial charge on any atom is -0.317 e. The zero-order chi connectivity index (χ0) is 15.6. The van der Waals surface area contributed by atoms with Crippen molar-refractivity contribution in [3.8, 4) is 0 Å². The molecule has 0 aliphatic heterocycles. The largest absolute Gasteiger partial charge is 0.317 e. The Bertz CT molecular complexity index is 714. The Labute approximate surface area is 125 Å². The van der Waals surface area contributed by atoms with Gasteiger partial charge in [-0.2, -0.15) is 0 Å². The van der Waals surface area contributed by atoms with Gasteiger partial charge in [0.15, 0.2) is 11.6 Å². The molecule has 0 fully saturated rings. The third-order valence-corrected chi connectivity index (χ3v) is 3.05. The Balaban J connectivity index is 2.38. The number of hydrogen-bond acceptors (Lipinski definition) is 3. The maximum absolute atomic E-state index is 13.6. The Morgan fingerprint density at radius 2 is 1.76 bits per heavy atom. The van der Waals surface area contributed by atoms with Crippen LogP contribution < -0.4 is 5.32 Å². The number of anilines is 1. The van der Waals surface area contributed by atoms with Gasteiger partial charge in [0.2, 0.25) is 0 Å². The van der Waals surface area contributed by atoms with Crippen LogP contribution in [-0.2, 0) is 0 Å². The standard InChI is InChI=1S/C13H7BrF2N2O3/c14-7-5-9(15)12(10(16)6-7)17-13(19)8-3-1-2-4-11(8)18(20)21/h1-6H,(H,17,19). The second-order valence-electron chi connectivity index (χ2n) is 3.97. The van der Waals surface area contributed by atoms with Gasteiger partial charge in [0.05, 0.1) is 4.92 Å². The first kappa shape index (κ1) is 15.0. The molecule has 2 aromatic rings. The smallest absolute Gasteiger partial charge is 0.282 e. The molecule has 5 nitrogen and oxygen atoms in total. The van der Waals surface area contributed by atoms with E-state index in [2.05, 4.69) is 15.9 Å². The molecule has 1 amide bonds. The Kier molecular flexibility index (Phi) is 4.27. The molecule has 2 rings (SSSR count). The highest BCUT2D eigenvalue weighted by atomic mass is 79.9. The summed E-state index contributed by atoms with van der Waals surface area (Å²) >= 11 is 2.91. The Hall–Kier alpha value is -2.35. The highest BCUT2D eigenvalue weighted by Gasteiger charge is 2.21. The summed E-state index contributed by atoms with van der Waals surface area (Å²) in [5.41, 5.74) is -1.40. The summed E-state index contributed by atoms with van der Waals surface area (Å²) in [5, 5.41) is 12.8. The molecule has 0 saturated carbocycles. The number of amides is 1. The van der Waals surface area contributed by atoms with E-state index in [9.17, 15) is 23.7 Å². The van der Waals surface area contributed by atoms with Gasteiger partial charge < -0.3 is 5.32 Å². The molecule has 0 aromatic heterocycles. The van der Waals surface area contributed by atoms with Gasteiger partial charge in [0.25, 0.3) is 11.6 Å². The maximum atomic E-state index is 13.6. The van der Waals surface area contributed by atoms with Crippen molar-refractivity contribution in [2.45, 2.75) is 0 Å². The lowest BCUT2D eigenvalue weighted by atomic mass is 10.1. The molecule has 0 unspecified atom stereocenters. The van der Waals surface area contributed by atoms with E-state index in [1.807, 2.05) is 5.32 Å². The SMILES string of the molecule is O=C(Nc1c(F)cc(Br)cc1F)c1ccccc1[N+](=O)[O-]. The average molecular weight is 357 g/mol. The van der Waals surface area contributed by atoms with Gasteiger partial charge in [0.1, 0.15) is 11.3 Å². The van der Waals surface area contributed by atoms with E-state index in [0.717, 1.165) is 18.2 Å². The Morgan fingerprint density at radius 3 is 2.33 bits per heavy atom. The lowest BCUT2D eigenvalue weighted by Crippen LogP contribution is -2.16. The molecule has 0 bridgehead atoms. The fraction of sp³-hybridized carbons (Fsp3) is 0. The monoisotopic (exact) mass is 356 g/mol. The second kappa shape index (κ2) is 5.96. The fourth-order valence-corrected chi connectivity index (χ4v) is 2.07. The quantitative estimate of drug-likeness (QED) is 0.669. The van der Waals surface area contributed by atoms with Crippen LogP contribution in [0.4, 0.5) is 20.2 Å². The highest BCUT2D eigenvalue weighted by molar-refractivity contribution is 9.10. The lowest BCUT2D eigenvalue weighted by Gasteiger charge is -2.08. The normalized spacial score (nSPS) is 10.2. The van der Waals surface area contributed by atoms with Crippen LogP contribution in [0, 0.1) is 21.7 Å². The molecule has 21 heavy (non-hydrogen) atoms. The number of nitrogens with zero attached hydrogens (tertiary/aromatic N) is 1. The summed E-state index contributed by atoms with van der Waals surface area (Å²) in [6.07, 6.45) is 0. The molecule has 0 heterocycles. The van der Waals surface area contributed by atoms with E-state index in [1.165, 1.54) is 18.2 Å². The van der Waals surface area contributed by atoms with Gasteiger partial charge in [-0.25, -0.2) is 8.78 Å². The van der Waals surface area contributed by atoms with E-state index in [0.29, 0.717) is 0 Å². The van der Waals surface area contributed by atoms with Gasteiger partial charge in [-0.15, -0.1) is 0 Å². The van der Waals surface area contributed by atoms with Crippen LogP contribution in [0.2, 0.25) is 0 Å². The summed E-state index contributed by atoms with van der Waals surface area (Å²) in [7, 11) is 0. The van der Waals surface area contributed by atoms with Crippen molar-refractivity contribution in [3.05, 3.63) is 68.2 Å². The molecule has 2 aromatic carbocycles. The minimum atomic E-state index is -0.992. The molecule has 0 atom stereocenters. The number of carbonyl (C=O) groups excluding carboxylic acids is 1. The topological polar surface area (TPSA) is 72.2 Å². The van der Waals surface area contributed by atoms with Crippen molar-refractivity contribution in [1.82, 2.24) is 0 Å². The highest BCUT2D eigenvalue weighted by Crippen LogP contribution is 2.25. The minimum absolute atomic E-state index is 0.168. The molecule has 0 saturated heterocycles. The molecule has 0 aliphatic rings. The van der Waals surface area contributed by atoms with Crippen LogP contribution in [-0.4, -0.2) is 10.8 Å². The molecule has 8 heteroatoms. The molecular weight excluding hydrogens is 350 g/mol. The summed E-state index contributed by atoms with van der Waals surface area (Å²) in [6, 6.07) is 7.06.